The molecule has 2 rings (SSSR count). The quantitative estimate of drug-likeness (QED) is 0.279. The largest absolute Gasteiger partial charge is 0.463 e. The van der Waals surface area contributed by atoms with Crippen LogP contribution in [0.5, 0.6) is 11.5 Å². The summed E-state index contributed by atoms with van der Waals surface area (Å²) < 4.78 is 19.1. The fourth-order valence-electron chi connectivity index (χ4n) is 4.64. The second-order valence-electron chi connectivity index (χ2n) is 15.7. The molecule has 0 aliphatic carbocycles. The Bertz CT molecular complexity index is 948. The number of hydrogen-bond donors (Lipinski definition) is 0. The summed E-state index contributed by atoms with van der Waals surface area (Å²) in [6.45, 7) is 29.8. The van der Waals surface area contributed by atoms with E-state index in [0.717, 1.165) is 37.2 Å². The lowest BCUT2D eigenvalue weighted by Crippen LogP contribution is -2.14. The van der Waals surface area contributed by atoms with E-state index in [1.807, 2.05) is 6.92 Å². The maximum atomic E-state index is 6.54. The zero-order valence-corrected chi connectivity index (χ0v) is 27.6. The minimum absolute atomic E-state index is 0.135. The van der Waals surface area contributed by atoms with Gasteiger partial charge < -0.3 is 9.05 Å². The molecule has 0 bridgehead atoms. The Labute approximate surface area is 236 Å². The van der Waals surface area contributed by atoms with Crippen molar-refractivity contribution in [3.8, 4) is 11.5 Å². The summed E-state index contributed by atoms with van der Waals surface area (Å²) in [6, 6.07) is 13.2. The van der Waals surface area contributed by atoms with Gasteiger partial charge in [-0.2, -0.15) is 0 Å². The highest BCUT2D eigenvalue weighted by atomic mass is 31.2. The van der Waals surface area contributed by atoms with Gasteiger partial charge >= 0.3 is 8.60 Å². The predicted molar refractivity (Wildman–Crippen MR) is 165 cm³/mol. The first-order valence-electron chi connectivity index (χ1n) is 14.3. The lowest BCUT2D eigenvalue weighted by atomic mass is 9.84. The van der Waals surface area contributed by atoms with Crippen LogP contribution < -0.4 is 9.05 Å². The van der Waals surface area contributed by atoms with Crippen molar-refractivity contribution >= 4 is 8.60 Å². The van der Waals surface area contributed by atoms with Crippen molar-refractivity contribution in [2.24, 2.45) is 21.7 Å². The van der Waals surface area contributed by atoms with Crippen LogP contribution in [0.1, 0.15) is 112 Å². The highest BCUT2D eigenvalue weighted by Gasteiger charge is 2.25. The molecule has 4 heteroatoms. The molecule has 0 N–H and O–H groups in total. The molecule has 0 aromatic heterocycles. The van der Waals surface area contributed by atoms with Gasteiger partial charge in [-0.1, -0.05) is 107 Å². The van der Waals surface area contributed by atoms with Crippen LogP contribution in [0.15, 0.2) is 36.4 Å². The minimum atomic E-state index is -1.60. The third-order valence-electron chi connectivity index (χ3n) is 5.74. The normalized spacial score (nSPS) is 13.2. The Morgan fingerprint density at radius 2 is 0.868 bits per heavy atom. The monoisotopic (exact) mass is 542 g/mol. The highest BCUT2D eigenvalue weighted by molar-refractivity contribution is 7.42. The molecule has 0 aliphatic rings. The first-order valence-corrected chi connectivity index (χ1v) is 15.4. The maximum Gasteiger partial charge on any atom is 0.463 e. The average molecular weight is 543 g/mol. The minimum Gasteiger partial charge on any atom is -0.417 e. The molecule has 0 unspecified atom stereocenters. The van der Waals surface area contributed by atoms with Crippen molar-refractivity contribution in [1.29, 1.82) is 0 Å². The fraction of sp³-hybridized carbons (Fsp3) is 0.647. The van der Waals surface area contributed by atoms with Gasteiger partial charge in [-0.3, -0.25) is 4.52 Å². The van der Waals surface area contributed by atoms with Crippen molar-refractivity contribution in [3.05, 3.63) is 58.7 Å². The first kappa shape index (κ1) is 32.6. The van der Waals surface area contributed by atoms with Crippen LogP contribution in [0.2, 0.25) is 0 Å². The van der Waals surface area contributed by atoms with Crippen molar-refractivity contribution < 1.29 is 13.6 Å². The van der Waals surface area contributed by atoms with E-state index in [1.54, 1.807) is 0 Å². The smallest absolute Gasteiger partial charge is 0.417 e. The summed E-state index contributed by atoms with van der Waals surface area (Å²) in [7, 11) is -1.60. The SMILES string of the molecule is CCOP(Oc1ccc(CC(C)(C)C)cc1CC(C)(C)C)Oc1ccc(CC(C)(C)C)cc1CC(C)(C)C. The van der Waals surface area contributed by atoms with Gasteiger partial charge in [0.05, 0.1) is 6.61 Å². The molecule has 0 amide bonds. The molecule has 214 valence electrons. The van der Waals surface area contributed by atoms with E-state index in [-0.39, 0.29) is 21.7 Å². The fourth-order valence-corrected chi connectivity index (χ4v) is 5.68. The van der Waals surface area contributed by atoms with Gasteiger partial charge in [0.25, 0.3) is 0 Å². The van der Waals surface area contributed by atoms with Crippen LogP contribution in [0.25, 0.3) is 0 Å². The first-order chi connectivity index (χ1) is 17.2. The Hall–Kier alpha value is -1.57. The number of benzene rings is 2. The Morgan fingerprint density at radius 1 is 0.526 bits per heavy atom. The summed E-state index contributed by atoms with van der Waals surface area (Å²) in [4.78, 5) is 0. The number of hydrogen-bond acceptors (Lipinski definition) is 3. The molecule has 0 spiro atoms. The standard InChI is InChI=1S/C34H55O3P/c1-14-35-38(36-29-17-15-25(21-31(2,3)4)19-27(29)23-33(8,9)10)37-30-18-16-26(22-32(5,6)7)20-28(30)24-34(11,12)13/h15-20H,14,21-24H2,1-13H3. The third-order valence-corrected chi connectivity index (χ3v) is 6.90. The third kappa shape index (κ3) is 12.5. The van der Waals surface area contributed by atoms with Gasteiger partial charge in [-0.15, -0.1) is 0 Å². The van der Waals surface area contributed by atoms with Crippen molar-refractivity contribution in [2.45, 2.75) is 116 Å². The van der Waals surface area contributed by atoms with Crippen LogP contribution in [0.3, 0.4) is 0 Å². The zero-order chi connectivity index (χ0) is 28.9. The topological polar surface area (TPSA) is 27.7 Å². The summed E-state index contributed by atoms with van der Waals surface area (Å²) in [5, 5.41) is 0. The van der Waals surface area contributed by atoms with E-state index in [0.29, 0.717) is 6.61 Å². The van der Waals surface area contributed by atoms with Gasteiger partial charge in [0.15, 0.2) is 0 Å². The molecule has 0 saturated carbocycles. The molecule has 2 aromatic rings. The van der Waals surface area contributed by atoms with Crippen molar-refractivity contribution in [3.63, 3.8) is 0 Å². The lowest BCUT2D eigenvalue weighted by molar-refractivity contribution is 0.276. The maximum absolute atomic E-state index is 6.54. The molecule has 38 heavy (non-hydrogen) atoms. The summed E-state index contributed by atoms with van der Waals surface area (Å²) in [6.07, 6.45) is 3.90. The molecule has 0 fully saturated rings. The van der Waals surface area contributed by atoms with Crippen LogP contribution in [0, 0.1) is 21.7 Å². The molecule has 2 aromatic carbocycles. The molecule has 0 aliphatic heterocycles. The van der Waals surface area contributed by atoms with E-state index in [1.165, 1.54) is 22.3 Å². The molecular weight excluding hydrogens is 487 g/mol. The summed E-state index contributed by atoms with van der Waals surface area (Å²) in [5.41, 5.74) is 5.83. The summed E-state index contributed by atoms with van der Waals surface area (Å²) >= 11 is 0. The Kier molecular flexibility index (Phi) is 10.9. The van der Waals surface area contributed by atoms with E-state index in [9.17, 15) is 0 Å². The van der Waals surface area contributed by atoms with Crippen LogP contribution in [0.4, 0.5) is 0 Å². The van der Waals surface area contributed by atoms with Crippen molar-refractivity contribution in [2.75, 3.05) is 6.61 Å². The molecule has 0 saturated heterocycles. The highest BCUT2D eigenvalue weighted by Crippen LogP contribution is 2.45. The zero-order valence-electron chi connectivity index (χ0n) is 26.7. The van der Waals surface area contributed by atoms with Crippen LogP contribution >= 0.6 is 8.60 Å². The van der Waals surface area contributed by atoms with E-state index in [4.69, 9.17) is 13.6 Å². The molecule has 3 nitrogen and oxygen atoms in total. The van der Waals surface area contributed by atoms with Crippen LogP contribution in [-0.2, 0) is 30.2 Å². The molecule has 0 radical (unpaired) electrons. The lowest BCUT2D eigenvalue weighted by Gasteiger charge is -2.26. The van der Waals surface area contributed by atoms with Crippen molar-refractivity contribution in [1.82, 2.24) is 0 Å². The molecule has 0 atom stereocenters. The van der Waals surface area contributed by atoms with Gasteiger partial charge in [-0.05, 0) is 88.7 Å². The van der Waals surface area contributed by atoms with Gasteiger partial charge in [0.2, 0.25) is 0 Å². The number of rotatable bonds is 10. The molecular formula is C34H55O3P. The van der Waals surface area contributed by atoms with E-state index in [2.05, 4.69) is 119 Å². The second kappa shape index (κ2) is 12.7. The average Bonchev–Trinajstić information content (AvgIpc) is 2.67. The van der Waals surface area contributed by atoms with E-state index < -0.39 is 8.60 Å². The Morgan fingerprint density at radius 3 is 1.16 bits per heavy atom. The van der Waals surface area contributed by atoms with Gasteiger partial charge in [-0.25, -0.2) is 0 Å². The molecule has 0 heterocycles. The van der Waals surface area contributed by atoms with Crippen LogP contribution in [-0.4, -0.2) is 6.61 Å². The Balaban J connectivity index is 2.41. The van der Waals surface area contributed by atoms with E-state index >= 15 is 0 Å². The van der Waals surface area contributed by atoms with Gasteiger partial charge in [0, 0.05) is 0 Å². The predicted octanol–water partition coefficient (Wildman–Crippen LogP) is 10.8. The van der Waals surface area contributed by atoms with Gasteiger partial charge in [0.1, 0.15) is 11.5 Å². The second-order valence-corrected chi connectivity index (χ2v) is 16.7. The summed E-state index contributed by atoms with van der Waals surface area (Å²) in [5.74, 6) is 1.72.